The predicted octanol–water partition coefficient (Wildman–Crippen LogP) is 2.51. The second kappa shape index (κ2) is 6.29. The van der Waals surface area contributed by atoms with Crippen LogP contribution in [0.25, 0.3) is 5.65 Å². The van der Waals surface area contributed by atoms with Crippen LogP contribution in [0.3, 0.4) is 0 Å². The fourth-order valence-electron chi connectivity index (χ4n) is 3.30. The van der Waals surface area contributed by atoms with E-state index in [0.717, 1.165) is 60.4 Å². The number of halogens is 1. The first-order valence-corrected chi connectivity index (χ1v) is 9.07. The maximum atomic E-state index is 6.25. The van der Waals surface area contributed by atoms with E-state index in [9.17, 15) is 0 Å². The molecule has 3 aromatic rings. The summed E-state index contributed by atoms with van der Waals surface area (Å²) in [6.07, 6.45) is 3.93. The zero-order valence-electron chi connectivity index (χ0n) is 14.8. The molecule has 0 atom stereocenters. The molecule has 4 rings (SSSR count). The first kappa shape index (κ1) is 16.3. The predicted molar refractivity (Wildman–Crippen MR) is 97.3 cm³/mol. The van der Waals surface area contributed by atoms with Crippen molar-refractivity contribution in [3.8, 4) is 0 Å². The van der Waals surface area contributed by atoms with Crippen LogP contribution in [-0.2, 0) is 19.9 Å². The van der Waals surface area contributed by atoms with Gasteiger partial charge in [0.25, 0.3) is 0 Å². The molecule has 0 aliphatic carbocycles. The van der Waals surface area contributed by atoms with Crippen LogP contribution in [0.15, 0.2) is 6.07 Å². The summed E-state index contributed by atoms with van der Waals surface area (Å²) >= 11 is 6.25. The van der Waals surface area contributed by atoms with Crippen LogP contribution < -0.4 is 4.90 Å². The van der Waals surface area contributed by atoms with Gasteiger partial charge in [-0.05, 0) is 38.3 Å². The third-order valence-corrected chi connectivity index (χ3v) is 5.20. The monoisotopic (exact) mass is 359 g/mol. The molecule has 3 aromatic heterocycles. The van der Waals surface area contributed by atoms with Crippen LogP contribution in [-0.4, -0.2) is 42.5 Å². The third-order valence-electron chi connectivity index (χ3n) is 4.81. The van der Waals surface area contributed by atoms with Crippen LogP contribution in [0.5, 0.6) is 0 Å². The zero-order chi connectivity index (χ0) is 17.6. The molecule has 0 spiro atoms. The molecule has 8 heteroatoms. The number of fused-ring (bicyclic) bond motifs is 1. The summed E-state index contributed by atoms with van der Waals surface area (Å²) in [6.45, 7) is 6.07. The average molecular weight is 360 g/mol. The molecule has 0 saturated carbocycles. The highest BCUT2D eigenvalue weighted by atomic mass is 35.5. The lowest BCUT2D eigenvalue weighted by Crippen LogP contribution is -2.19. The molecule has 1 aliphatic heterocycles. The van der Waals surface area contributed by atoms with E-state index in [0.29, 0.717) is 5.02 Å². The van der Waals surface area contributed by atoms with Crippen molar-refractivity contribution in [1.82, 2.24) is 29.4 Å². The maximum Gasteiger partial charge on any atom is 0.244 e. The van der Waals surface area contributed by atoms with Crippen molar-refractivity contribution in [3.05, 3.63) is 34.0 Å². The summed E-state index contributed by atoms with van der Waals surface area (Å²) < 4.78 is 3.70. The van der Waals surface area contributed by atoms with E-state index in [2.05, 4.69) is 20.1 Å². The summed E-state index contributed by atoms with van der Waals surface area (Å²) in [5.74, 6) is 2.61. The molecule has 7 nitrogen and oxygen atoms in total. The van der Waals surface area contributed by atoms with Crippen LogP contribution in [0.4, 0.5) is 5.95 Å². The number of aryl methyl sites for hydroxylation is 5. The third kappa shape index (κ3) is 2.97. The minimum Gasteiger partial charge on any atom is -0.340 e. The van der Waals surface area contributed by atoms with Gasteiger partial charge in [-0.2, -0.15) is 10.1 Å². The number of rotatable bonds is 4. The number of pyridine rings is 1. The minimum atomic E-state index is 0.713. The van der Waals surface area contributed by atoms with Crippen molar-refractivity contribution in [2.75, 3.05) is 18.0 Å². The molecular formula is C17H22ClN7. The van der Waals surface area contributed by atoms with Gasteiger partial charge in [-0.15, -0.1) is 5.10 Å². The molecule has 4 heterocycles. The van der Waals surface area contributed by atoms with E-state index in [1.54, 1.807) is 0 Å². The smallest absolute Gasteiger partial charge is 0.244 e. The quantitative estimate of drug-likeness (QED) is 0.716. The standard InChI is InChI=1S/C17H22ClN7/c1-11-10-13(18)12(2)25-16(11)19-14(21-25)6-7-15-20-17(22-23(15)3)24-8-4-5-9-24/h10H,4-9H2,1-3H3. The van der Waals surface area contributed by atoms with Crippen molar-refractivity contribution >= 4 is 23.2 Å². The van der Waals surface area contributed by atoms with Gasteiger partial charge < -0.3 is 4.90 Å². The normalized spacial score (nSPS) is 14.8. The number of hydrogen-bond donors (Lipinski definition) is 0. The number of anilines is 1. The second-order valence-electron chi connectivity index (χ2n) is 6.67. The molecule has 25 heavy (non-hydrogen) atoms. The lowest BCUT2D eigenvalue weighted by atomic mass is 10.2. The van der Waals surface area contributed by atoms with Crippen molar-refractivity contribution in [3.63, 3.8) is 0 Å². The Bertz CT molecular complexity index is 921. The van der Waals surface area contributed by atoms with Gasteiger partial charge in [0.2, 0.25) is 5.95 Å². The number of aromatic nitrogens is 6. The SMILES string of the molecule is Cc1cc(Cl)c(C)n2nc(CCc3nc(N4CCCC4)nn3C)nc12. The van der Waals surface area contributed by atoms with Crippen LogP contribution in [0.1, 0.15) is 35.7 Å². The molecule has 0 amide bonds. The lowest BCUT2D eigenvalue weighted by molar-refractivity contribution is 0.681. The van der Waals surface area contributed by atoms with Crippen molar-refractivity contribution < 1.29 is 0 Å². The summed E-state index contributed by atoms with van der Waals surface area (Å²) in [4.78, 5) is 11.6. The molecule has 1 aliphatic rings. The van der Waals surface area contributed by atoms with E-state index in [1.165, 1.54) is 12.8 Å². The fraction of sp³-hybridized carbons (Fsp3) is 0.529. The van der Waals surface area contributed by atoms with Crippen LogP contribution >= 0.6 is 11.6 Å². The molecule has 0 unspecified atom stereocenters. The Kier molecular flexibility index (Phi) is 4.11. The fourth-order valence-corrected chi connectivity index (χ4v) is 3.55. The van der Waals surface area contributed by atoms with Crippen molar-refractivity contribution in [1.29, 1.82) is 0 Å². The largest absolute Gasteiger partial charge is 0.340 e. The second-order valence-corrected chi connectivity index (χ2v) is 7.08. The molecular weight excluding hydrogens is 338 g/mol. The van der Waals surface area contributed by atoms with E-state index < -0.39 is 0 Å². The Morgan fingerprint density at radius 3 is 2.60 bits per heavy atom. The molecule has 0 N–H and O–H groups in total. The zero-order valence-corrected chi connectivity index (χ0v) is 15.6. The van der Waals surface area contributed by atoms with Gasteiger partial charge in [-0.3, -0.25) is 4.68 Å². The van der Waals surface area contributed by atoms with E-state index in [-0.39, 0.29) is 0 Å². The molecule has 132 valence electrons. The molecule has 0 bridgehead atoms. The van der Waals surface area contributed by atoms with Crippen molar-refractivity contribution in [2.45, 2.75) is 39.5 Å². The molecule has 0 radical (unpaired) electrons. The van der Waals surface area contributed by atoms with Crippen LogP contribution in [0, 0.1) is 13.8 Å². The highest BCUT2D eigenvalue weighted by molar-refractivity contribution is 6.31. The summed E-state index contributed by atoms with van der Waals surface area (Å²) in [5.41, 5.74) is 2.81. The van der Waals surface area contributed by atoms with Gasteiger partial charge in [-0.25, -0.2) is 9.50 Å². The Morgan fingerprint density at radius 1 is 1.08 bits per heavy atom. The average Bonchev–Trinajstić information content (AvgIpc) is 3.30. The Balaban J connectivity index is 1.54. The van der Waals surface area contributed by atoms with Gasteiger partial charge in [-0.1, -0.05) is 11.6 Å². The number of nitrogens with zero attached hydrogens (tertiary/aromatic N) is 7. The Morgan fingerprint density at radius 2 is 1.84 bits per heavy atom. The van der Waals surface area contributed by atoms with Crippen molar-refractivity contribution in [2.24, 2.45) is 7.05 Å². The first-order valence-electron chi connectivity index (χ1n) is 8.69. The molecule has 0 aromatic carbocycles. The minimum absolute atomic E-state index is 0.713. The van der Waals surface area contributed by atoms with Gasteiger partial charge in [0.1, 0.15) is 5.82 Å². The maximum absolute atomic E-state index is 6.25. The lowest BCUT2D eigenvalue weighted by Gasteiger charge is -2.10. The van der Waals surface area contributed by atoms with Gasteiger partial charge in [0.15, 0.2) is 11.5 Å². The van der Waals surface area contributed by atoms with Crippen LogP contribution in [0.2, 0.25) is 5.02 Å². The highest BCUT2D eigenvalue weighted by Crippen LogP contribution is 2.21. The summed E-state index contributed by atoms with van der Waals surface area (Å²) in [6, 6.07) is 1.94. The summed E-state index contributed by atoms with van der Waals surface area (Å²) in [5, 5.41) is 9.88. The highest BCUT2D eigenvalue weighted by Gasteiger charge is 2.18. The molecule has 1 fully saturated rings. The Labute approximate surface area is 151 Å². The summed E-state index contributed by atoms with van der Waals surface area (Å²) in [7, 11) is 1.95. The van der Waals surface area contributed by atoms with E-state index >= 15 is 0 Å². The Hall–Kier alpha value is -2.15. The topological polar surface area (TPSA) is 64.1 Å². The van der Waals surface area contributed by atoms with E-state index in [4.69, 9.17) is 16.6 Å². The van der Waals surface area contributed by atoms with Gasteiger partial charge in [0, 0.05) is 33.0 Å². The van der Waals surface area contributed by atoms with Gasteiger partial charge in [0.05, 0.1) is 10.7 Å². The van der Waals surface area contributed by atoms with E-state index in [1.807, 2.05) is 36.2 Å². The molecule has 1 saturated heterocycles. The van der Waals surface area contributed by atoms with Gasteiger partial charge >= 0.3 is 0 Å². The number of hydrogen-bond acceptors (Lipinski definition) is 5. The first-order chi connectivity index (χ1) is 12.0.